The van der Waals surface area contributed by atoms with E-state index in [1.807, 2.05) is 18.7 Å². The van der Waals surface area contributed by atoms with E-state index in [0.717, 1.165) is 76.5 Å². The largest absolute Gasteiger partial charge is 0.478 e. The average Bonchev–Trinajstić information content (AvgIpc) is 3.54. The van der Waals surface area contributed by atoms with E-state index in [9.17, 15) is 0 Å². The Kier molecular flexibility index (Phi) is 8.68. The third-order valence-corrected chi connectivity index (χ3v) is 8.98. The second-order valence-electron chi connectivity index (χ2n) is 12.4. The quantitative estimate of drug-likeness (QED) is 0.263. The summed E-state index contributed by atoms with van der Waals surface area (Å²) in [6, 6.07) is 13.5. The fourth-order valence-corrected chi connectivity index (χ4v) is 6.23. The summed E-state index contributed by atoms with van der Waals surface area (Å²) in [5.41, 5.74) is 6.55. The first kappa shape index (κ1) is 28.6. The molecular formula is C35H45N5O2. The number of aryl methyl sites for hydroxylation is 1. The molecule has 7 heteroatoms. The van der Waals surface area contributed by atoms with Crippen LogP contribution in [0.4, 0.5) is 0 Å². The fraction of sp³-hybridized carbons (Fsp3) is 0.457. The number of imidazole rings is 1. The highest BCUT2D eigenvalue weighted by Crippen LogP contribution is 2.38. The van der Waals surface area contributed by atoms with Gasteiger partial charge in [-0.3, -0.25) is 9.80 Å². The Morgan fingerprint density at radius 2 is 1.48 bits per heavy atom. The van der Waals surface area contributed by atoms with Crippen LogP contribution in [0, 0.1) is 0 Å². The summed E-state index contributed by atoms with van der Waals surface area (Å²) in [5, 5.41) is 0. The van der Waals surface area contributed by atoms with Crippen LogP contribution >= 0.6 is 0 Å². The monoisotopic (exact) mass is 567 g/mol. The summed E-state index contributed by atoms with van der Waals surface area (Å²) in [5.74, 6) is 2.03. The number of hydrogen-bond donors (Lipinski definition) is 0. The molecular weight excluding hydrogens is 522 g/mol. The Bertz CT molecular complexity index is 1410. The lowest BCUT2D eigenvalue weighted by Crippen LogP contribution is -2.34. The maximum absolute atomic E-state index is 6.19. The van der Waals surface area contributed by atoms with Crippen LogP contribution in [-0.4, -0.2) is 57.3 Å². The lowest BCUT2D eigenvalue weighted by atomic mass is 9.77. The van der Waals surface area contributed by atoms with Crippen LogP contribution in [0.1, 0.15) is 68.7 Å². The topological polar surface area (TPSA) is 46.0 Å². The molecule has 0 atom stereocenters. The summed E-state index contributed by atoms with van der Waals surface area (Å²) in [6.07, 6.45) is 17.0. The number of aromatic nitrogens is 2. The first-order valence-electron chi connectivity index (χ1n) is 15.5. The van der Waals surface area contributed by atoms with Crippen molar-refractivity contribution >= 4 is 0 Å². The average molecular weight is 568 g/mol. The molecule has 0 amide bonds. The predicted octanol–water partition coefficient (Wildman–Crippen LogP) is 6.51. The van der Waals surface area contributed by atoms with Gasteiger partial charge in [-0.1, -0.05) is 44.6 Å². The molecule has 0 unspecified atom stereocenters. The van der Waals surface area contributed by atoms with Crippen LogP contribution in [0.15, 0.2) is 79.2 Å². The lowest BCUT2D eigenvalue weighted by molar-refractivity contribution is 0.0927. The van der Waals surface area contributed by atoms with E-state index in [-0.39, 0.29) is 5.41 Å². The molecule has 3 aromatic rings. The van der Waals surface area contributed by atoms with Gasteiger partial charge in [0, 0.05) is 74.4 Å². The zero-order valence-corrected chi connectivity index (χ0v) is 25.5. The fourth-order valence-electron chi connectivity index (χ4n) is 6.23. The van der Waals surface area contributed by atoms with Crippen molar-refractivity contribution in [2.24, 2.45) is 0 Å². The standard InChI is InChI=1S/C35H45N5O2/c1-4-28-8-5-14-37(22-28)15-6-17-39-23-29-20-31(9-11-33(29)41-26-39)35(2,3)32-10-12-34-30(21-32)24-40(27-42-34)18-7-16-38-19-13-36-25-38/h5,9-14,19-22,25H,4,6-8,15-18,23-24,26-27H2,1-3H3. The molecule has 222 valence electrons. The molecule has 3 aliphatic heterocycles. The van der Waals surface area contributed by atoms with E-state index >= 15 is 0 Å². The smallest absolute Gasteiger partial charge is 0.142 e. The molecule has 0 bridgehead atoms. The second-order valence-corrected chi connectivity index (χ2v) is 12.4. The Morgan fingerprint density at radius 1 is 0.833 bits per heavy atom. The maximum atomic E-state index is 6.19. The molecule has 7 nitrogen and oxygen atoms in total. The summed E-state index contributed by atoms with van der Waals surface area (Å²) in [7, 11) is 0. The predicted molar refractivity (Wildman–Crippen MR) is 167 cm³/mol. The number of benzene rings is 2. The van der Waals surface area contributed by atoms with Gasteiger partial charge in [0.2, 0.25) is 0 Å². The molecule has 3 aliphatic rings. The van der Waals surface area contributed by atoms with Crippen molar-refractivity contribution in [3.63, 3.8) is 0 Å². The van der Waals surface area contributed by atoms with E-state index in [2.05, 4.69) is 99.9 Å². The van der Waals surface area contributed by atoms with Gasteiger partial charge in [-0.15, -0.1) is 0 Å². The van der Waals surface area contributed by atoms with Gasteiger partial charge in [0.25, 0.3) is 0 Å². The molecule has 0 saturated heterocycles. The van der Waals surface area contributed by atoms with Gasteiger partial charge >= 0.3 is 0 Å². The van der Waals surface area contributed by atoms with Gasteiger partial charge in [0.15, 0.2) is 0 Å². The number of allylic oxidation sites excluding steroid dienone is 2. The van der Waals surface area contributed by atoms with Crippen LogP contribution < -0.4 is 9.47 Å². The Morgan fingerprint density at radius 3 is 2.07 bits per heavy atom. The minimum absolute atomic E-state index is 0.139. The Hall–Kier alpha value is -3.55. The van der Waals surface area contributed by atoms with Crippen LogP contribution in [0.2, 0.25) is 0 Å². The lowest BCUT2D eigenvalue weighted by Gasteiger charge is -2.33. The number of hydrogen-bond acceptors (Lipinski definition) is 6. The molecule has 2 aromatic carbocycles. The SMILES string of the molecule is CCC1=CN(CCCN2COc3ccc(C(C)(C)c4ccc5c(c4)CN(CCCn4ccnc4)CO5)cc3C2)C=CC1. The minimum Gasteiger partial charge on any atom is -0.478 e. The third kappa shape index (κ3) is 6.58. The molecule has 0 aliphatic carbocycles. The van der Waals surface area contributed by atoms with Crippen molar-refractivity contribution < 1.29 is 9.47 Å². The number of ether oxygens (including phenoxy) is 2. The van der Waals surface area contributed by atoms with Gasteiger partial charge in [0.1, 0.15) is 25.0 Å². The molecule has 0 fully saturated rings. The third-order valence-electron chi connectivity index (χ3n) is 8.98. The first-order chi connectivity index (χ1) is 20.5. The normalized spacial score (nSPS) is 17.3. The molecule has 0 saturated carbocycles. The zero-order chi connectivity index (χ0) is 28.9. The zero-order valence-electron chi connectivity index (χ0n) is 25.5. The Labute approximate surface area is 251 Å². The number of nitrogens with zero attached hydrogens (tertiary/aromatic N) is 5. The molecule has 0 N–H and O–H groups in total. The molecule has 0 spiro atoms. The van der Waals surface area contributed by atoms with Crippen molar-refractivity contribution in [3.05, 3.63) is 101 Å². The highest BCUT2D eigenvalue weighted by Gasteiger charge is 2.28. The van der Waals surface area contributed by atoms with Crippen LogP contribution in [0.25, 0.3) is 0 Å². The van der Waals surface area contributed by atoms with Crippen molar-refractivity contribution in [2.45, 2.75) is 71.5 Å². The van der Waals surface area contributed by atoms with E-state index in [4.69, 9.17) is 9.47 Å². The van der Waals surface area contributed by atoms with Crippen LogP contribution in [0.3, 0.4) is 0 Å². The second kappa shape index (κ2) is 12.8. The van der Waals surface area contributed by atoms with Crippen LogP contribution in [0.5, 0.6) is 11.5 Å². The van der Waals surface area contributed by atoms with Crippen molar-refractivity contribution in [2.75, 3.05) is 33.1 Å². The highest BCUT2D eigenvalue weighted by atomic mass is 16.5. The van der Waals surface area contributed by atoms with Gasteiger partial charge in [-0.05, 0) is 67.3 Å². The summed E-state index contributed by atoms with van der Waals surface area (Å²) in [4.78, 5) is 11.3. The summed E-state index contributed by atoms with van der Waals surface area (Å²) < 4.78 is 14.5. The minimum atomic E-state index is -0.139. The van der Waals surface area contributed by atoms with E-state index < -0.39 is 0 Å². The van der Waals surface area contributed by atoms with Gasteiger partial charge in [0.05, 0.1) is 6.33 Å². The Balaban J connectivity index is 1.08. The van der Waals surface area contributed by atoms with E-state index in [0.29, 0.717) is 13.5 Å². The maximum Gasteiger partial charge on any atom is 0.142 e. The molecule has 4 heterocycles. The highest BCUT2D eigenvalue weighted by molar-refractivity contribution is 5.48. The summed E-state index contributed by atoms with van der Waals surface area (Å²) in [6.45, 7) is 14.1. The van der Waals surface area contributed by atoms with Crippen molar-refractivity contribution in [3.8, 4) is 11.5 Å². The molecule has 1 aromatic heterocycles. The molecule has 6 rings (SSSR count). The van der Waals surface area contributed by atoms with Gasteiger partial charge < -0.3 is 18.9 Å². The van der Waals surface area contributed by atoms with E-state index in [1.165, 1.54) is 27.8 Å². The first-order valence-corrected chi connectivity index (χ1v) is 15.5. The number of rotatable bonds is 11. The van der Waals surface area contributed by atoms with Crippen molar-refractivity contribution in [1.82, 2.24) is 24.3 Å². The van der Waals surface area contributed by atoms with Gasteiger partial charge in [-0.25, -0.2) is 4.98 Å². The molecule has 0 radical (unpaired) electrons. The number of fused-ring (bicyclic) bond motifs is 2. The van der Waals surface area contributed by atoms with E-state index in [1.54, 1.807) is 0 Å². The van der Waals surface area contributed by atoms with Crippen molar-refractivity contribution in [1.29, 1.82) is 0 Å². The van der Waals surface area contributed by atoms with Gasteiger partial charge in [-0.2, -0.15) is 0 Å². The molecule has 42 heavy (non-hydrogen) atoms. The van der Waals surface area contributed by atoms with Crippen LogP contribution in [-0.2, 0) is 25.0 Å². The summed E-state index contributed by atoms with van der Waals surface area (Å²) >= 11 is 0.